The molecule has 7 heteroatoms. The van der Waals surface area contributed by atoms with Crippen LogP contribution in [0.2, 0.25) is 0 Å². The van der Waals surface area contributed by atoms with Gasteiger partial charge in [-0.2, -0.15) is 5.10 Å². The van der Waals surface area contributed by atoms with Crippen molar-refractivity contribution >= 4 is 29.3 Å². The van der Waals surface area contributed by atoms with Crippen molar-refractivity contribution in [2.45, 2.75) is 19.3 Å². The number of carbonyl (C=O) groups excluding carboxylic acids is 2. The lowest BCUT2D eigenvalue weighted by Gasteiger charge is -2.10. The van der Waals surface area contributed by atoms with Crippen LogP contribution in [0, 0.1) is 0 Å². The van der Waals surface area contributed by atoms with Gasteiger partial charge < -0.3 is 5.11 Å². The van der Waals surface area contributed by atoms with E-state index in [1.54, 1.807) is 0 Å². The van der Waals surface area contributed by atoms with Gasteiger partial charge in [-0.3, -0.25) is 19.5 Å². The van der Waals surface area contributed by atoms with Crippen LogP contribution >= 0.6 is 11.8 Å². The van der Waals surface area contributed by atoms with E-state index in [0.29, 0.717) is 29.1 Å². The fraction of sp³-hybridized carbons (Fsp3) is 0.333. The van der Waals surface area contributed by atoms with Gasteiger partial charge in [-0.1, -0.05) is 0 Å². The number of allylic oxidation sites excluding steroid dienone is 2. The second kappa shape index (κ2) is 5.83. The number of carboxylic acids is 1. The Balaban J connectivity index is 1.90. The van der Waals surface area contributed by atoms with Crippen LogP contribution in [0.4, 0.5) is 0 Å². The second-order valence-electron chi connectivity index (χ2n) is 4.06. The van der Waals surface area contributed by atoms with Crippen LogP contribution in [0.3, 0.4) is 0 Å². The third kappa shape index (κ3) is 3.11. The molecule has 1 aromatic rings. The van der Waals surface area contributed by atoms with Gasteiger partial charge in [0.15, 0.2) is 0 Å². The number of aliphatic carboxylic acids is 1. The molecule has 0 amide bonds. The van der Waals surface area contributed by atoms with E-state index in [1.807, 2.05) is 0 Å². The van der Waals surface area contributed by atoms with Crippen molar-refractivity contribution in [1.82, 2.24) is 10.2 Å². The largest absolute Gasteiger partial charge is 0.481 e. The molecule has 19 heavy (non-hydrogen) atoms. The molecule has 1 heterocycles. The minimum absolute atomic E-state index is 0.123. The summed E-state index contributed by atoms with van der Waals surface area (Å²) >= 11 is 1.28. The zero-order valence-corrected chi connectivity index (χ0v) is 10.8. The molecular weight excluding hydrogens is 268 g/mol. The van der Waals surface area contributed by atoms with E-state index < -0.39 is 5.97 Å². The Morgan fingerprint density at radius 1 is 1.37 bits per heavy atom. The lowest BCUT2D eigenvalue weighted by atomic mass is 10.0. The summed E-state index contributed by atoms with van der Waals surface area (Å²) in [4.78, 5) is 34.4. The number of Topliss-reactive ketones (excluding diaryl/α,β-unsaturated/α-hetero) is 1. The molecule has 1 aliphatic carbocycles. The number of hydrogen-bond donors (Lipinski definition) is 2. The van der Waals surface area contributed by atoms with Crippen LogP contribution in [0.5, 0.6) is 0 Å². The molecular formula is C12H12N2O4S. The average Bonchev–Trinajstić information content (AvgIpc) is 2.84. The van der Waals surface area contributed by atoms with Crippen LogP contribution in [0.25, 0.3) is 0 Å². The number of rotatable bonds is 6. The van der Waals surface area contributed by atoms with Crippen LogP contribution < -0.4 is 0 Å². The highest BCUT2D eigenvalue weighted by Crippen LogP contribution is 2.27. The molecule has 0 atom stereocenters. The van der Waals surface area contributed by atoms with Gasteiger partial charge in [-0.15, -0.1) is 11.8 Å². The number of carboxylic acid groups (broad SMARTS) is 1. The number of thioether (sulfide) groups is 1. The molecule has 0 bridgehead atoms. The molecule has 2 N–H and O–H groups in total. The van der Waals surface area contributed by atoms with Crippen molar-refractivity contribution in [3.05, 3.63) is 28.4 Å². The van der Waals surface area contributed by atoms with Crippen molar-refractivity contribution < 1.29 is 19.5 Å². The number of carbonyl (C=O) groups is 3. The summed E-state index contributed by atoms with van der Waals surface area (Å²) in [5.41, 5.74) is 0.542. The topological polar surface area (TPSA) is 100 Å². The zero-order chi connectivity index (χ0) is 13.8. The number of H-pyrrole nitrogens is 1. The van der Waals surface area contributed by atoms with Crippen LogP contribution in [-0.4, -0.2) is 38.6 Å². The molecule has 0 aliphatic heterocycles. The first kappa shape index (κ1) is 13.5. The Hall–Kier alpha value is -1.89. The van der Waals surface area contributed by atoms with Gasteiger partial charge in [-0.25, -0.2) is 0 Å². The molecule has 0 radical (unpaired) electrons. The first-order valence-electron chi connectivity index (χ1n) is 5.78. The minimum Gasteiger partial charge on any atom is -0.481 e. The molecule has 100 valence electrons. The van der Waals surface area contributed by atoms with E-state index in [2.05, 4.69) is 10.2 Å². The van der Waals surface area contributed by atoms with Crippen molar-refractivity contribution in [1.29, 1.82) is 0 Å². The summed E-state index contributed by atoms with van der Waals surface area (Å²) in [5.74, 6) is -0.659. The lowest BCUT2D eigenvalue weighted by molar-refractivity contribution is -0.137. The van der Waals surface area contributed by atoms with Crippen molar-refractivity contribution in [3.63, 3.8) is 0 Å². The first-order chi connectivity index (χ1) is 9.09. The molecule has 0 saturated carbocycles. The number of nitrogens with one attached hydrogen (secondary N) is 1. The molecule has 1 aromatic heterocycles. The van der Waals surface area contributed by atoms with Gasteiger partial charge >= 0.3 is 5.97 Å². The summed E-state index contributed by atoms with van der Waals surface area (Å²) in [6, 6.07) is 0. The van der Waals surface area contributed by atoms with Gasteiger partial charge in [0, 0.05) is 12.5 Å². The zero-order valence-electron chi connectivity index (χ0n) is 10.0. The van der Waals surface area contributed by atoms with E-state index in [4.69, 9.17) is 5.11 Å². The highest BCUT2D eigenvalue weighted by molar-refractivity contribution is 8.04. The predicted molar refractivity (Wildman–Crippen MR) is 69.3 cm³/mol. The molecule has 0 spiro atoms. The first-order valence-corrected chi connectivity index (χ1v) is 6.77. The summed E-state index contributed by atoms with van der Waals surface area (Å²) in [6.07, 6.45) is 4.04. The maximum Gasteiger partial charge on any atom is 0.303 e. The number of ketones is 2. The van der Waals surface area contributed by atoms with E-state index >= 15 is 0 Å². The van der Waals surface area contributed by atoms with Gasteiger partial charge in [0.05, 0.1) is 16.7 Å². The Bertz CT molecular complexity index is 562. The fourth-order valence-corrected chi connectivity index (χ4v) is 2.70. The molecule has 6 nitrogen and oxygen atoms in total. The summed E-state index contributed by atoms with van der Waals surface area (Å²) < 4.78 is 0. The maximum atomic E-state index is 12.0. The monoisotopic (exact) mass is 280 g/mol. The Morgan fingerprint density at radius 3 is 2.89 bits per heavy atom. The van der Waals surface area contributed by atoms with Crippen LogP contribution in [0.15, 0.2) is 17.2 Å². The number of aromatic nitrogens is 2. The van der Waals surface area contributed by atoms with Crippen LogP contribution in [-0.2, 0) is 4.79 Å². The average molecular weight is 280 g/mol. The van der Waals surface area contributed by atoms with E-state index in [0.717, 1.165) is 0 Å². The number of fused-ring (bicyclic) bond motifs is 1. The molecule has 0 fully saturated rings. The van der Waals surface area contributed by atoms with Gasteiger partial charge in [-0.05, 0) is 18.6 Å². The van der Waals surface area contributed by atoms with E-state index in [1.165, 1.54) is 24.0 Å². The van der Waals surface area contributed by atoms with Gasteiger partial charge in [0.2, 0.25) is 11.6 Å². The number of unbranched alkanes of at least 4 members (excludes halogenated alkanes) is 1. The molecule has 0 unspecified atom stereocenters. The third-order valence-electron chi connectivity index (χ3n) is 2.66. The molecule has 0 saturated heterocycles. The molecule has 0 aromatic carbocycles. The number of aromatic amines is 1. The predicted octanol–water partition coefficient (Wildman–Crippen LogP) is 1.66. The summed E-state index contributed by atoms with van der Waals surface area (Å²) in [6.45, 7) is 0. The van der Waals surface area contributed by atoms with Gasteiger partial charge in [0.25, 0.3) is 0 Å². The third-order valence-corrected chi connectivity index (χ3v) is 3.77. The molecule has 1 aliphatic rings. The van der Waals surface area contributed by atoms with Crippen molar-refractivity contribution in [2.75, 3.05) is 5.75 Å². The fourth-order valence-electron chi connectivity index (χ4n) is 1.70. The quantitative estimate of drug-likeness (QED) is 0.769. The van der Waals surface area contributed by atoms with Gasteiger partial charge in [0.1, 0.15) is 5.69 Å². The number of hydrogen-bond acceptors (Lipinski definition) is 5. The van der Waals surface area contributed by atoms with E-state index in [-0.39, 0.29) is 23.7 Å². The molecule has 2 rings (SSSR count). The van der Waals surface area contributed by atoms with Crippen LogP contribution in [0.1, 0.15) is 40.1 Å². The Labute approximate surface area is 113 Å². The highest BCUT2D eigenvalue weighted by Gasteiger charge is 2.27. The summed E-state index contributed by atoms with van der Waals surface area (Å²) in [7, 11) is 0. The van der Waals surface area contributed by atoms with E-state index in [9.17, 15) is 14.4 Å². The number of nitrogens with zero attached hydrogens (tertiary/aromatic N) is 1. The highest BCUT2D eigenvalue weighted by atomic mass is 32.2. The Kier molecular flexibility index (Phi) is 4.16. The SMILES string of the molecule is O=C(O)CCCCSC1=CC(=O)c2[nH]ncc2C1=O. The summed E-state index contributed by atoms with van der Waals surface area (Å²) in [5, 5.41) is 14.7. The smallest absolute Gasteiger partial charge is 0.303 e. The standard InChI is InChI=1S/C12H12N2O4S/c15-8-5-9(19-4-2-1-3-10(16)17)12(18)7-6-13-14-11(7)8/h5-6H,1-4H2,(H,13,14)(H,16,17). The van der Waals surface area contributed by atoms with Crippen molar-refractivity contribution in [2.24, 2.45) is 0 Å². The normalized spacial score (nSPS) is 14.2. The Morgan fingerprint density at radius 2 is 2.16 bits per heavy atom. The maximum absolute atomic E-state index is 12.0. The van der Waals surface area contributed by atoms with Crippen molar-refractivity contribution in [3.8, 4) is 0 Å². The minimum atomic E-state index is -0.823. The lowest BCUT2D eigenvalue weighted by Crippen LogP contribution is -2.14. The second-order valence-corrected chi connectivity index (χ2v) is 5.20.